The van der Waals surface area contributed by atoms with Gasteiger partial charge in [0.1, 0.15) is 0 Å². The molecule has 0 saturated carbocycles. The molecule has 1 unspecified atom stereocenters. The van der Waals surface area contributed by atoms with Gasteiger partial charge in [0.2, 0.25) is 5.91 Å². The summed E-state index contributed by atoms with van der Waals surface area (Å²) in [6, 6.07) is 0. The lowest BCUT2D eigenvalue weighted by Crippen LogP contribution is -2.26. The zero-order valence-electron chi connectivity index (χ0n) is 8.82. The largest absolute Gasteiger partial charge is 0.294 e. The van der Waals surface area contributed by atoms with Gasteiger partial charge in [-0.2, -0.15) is 0 Å². The van der Waals surface area contributed by atoms with Gasteiger partial charge in [-0.25, -0.2) is 9.97 Å². The summed E-state index contributed by atoms with van der Waals surface area (Å²) in [4.78, 5) is 23.8. The number of carbonyl (C=O) groups excluding carboxylic acids is 1. The van der Waals surface area contributed by atoms with Gasteiger partial charge in [0.05, 0.1) is 0 Å². The molecule has 1 atom stereocenters. The second-order valence-electron chi connectivity index (χ2n) is 3.66. The summed E-state index contributed by atoms with van der Waals surface area (Å²) in [5, 5.41) is 3.67. The number of halogens is 1. The van der Waals surface area contributed by atoms with Crippen LogP contribution in [0.5, 0.6) is 0 Å². The summed E-state index contributed by atoms with van der Waals surface area (Å²) in [6.45, 7) is 0.757. The molecule has 0 radical (unpaired) electrons. The molecule has 0 aliphatic carbocycles. The van der Waals surface area contributed by atoms with Crippen molar-refractivity contribution in [2.75, 3.05) is 18.0 Å². The van der Waals surface area contributed by atoms with E-state index in [9.17, 15) is 4.79 Å². The molecular formula is C9H9ClN6O. The zero-order chi connectivity index (χ0) is 12.3. The maximum Gasteiger partial charge on any atom is 0.228 e. The highest BCUT2D eigenvalue weighted by atomic mass is 35.5. The Bertz CT molecular complexity index is 486. The van der Waals surface area contributed by atoms with Crippen molar-refractivity contribution in [3.63, 3.8) is 0 Å². The maximum absolute atomic E-state index is 11.8. The number of hydrogen-bond acceptors (Lipinski definition) is 4. The van der Waals surface area contributed by atoms with E-state index in [1.807, 2.05) is 0 Å². The Morgan fingerprint density at radius 1 is 1.59 bits per heavy atom. The van der Waals surface area contributed by atoms with Gasteiger partial charge in [0.25, 0.3) is 0 Å². The minimum atomic E-state index is -0.0782. The molecule has 1 aliphatic rings. The molecule has 88 valence electrons. The third-order valence-electron chi connectivity index (χ3n) is 2.50. The molecule has 1 aliphatic heterocycles. The van der Waals surface area contributed by atoms with Crippen LogP contribution in [0.1, 0.15) is 6.42 Å². The van der Waals surface area contributed by atoms with Gasteiger partial charge in [-0.3, -0.25) is 9.69 Å². The lowest BCUT2D eigenvalue weighted by Gasteiger charge is -2.15. The first kappa shape index (κ1) is 11.6. The molecule has 0 spiro atoms. The third-order valence-corrected chi connectivity index (χ3v) is 2.77. The number of amides is 1. The lowest BCUT2D eigenvalue weighted by molar-refractivity contribution is -0.117. The first-order valence-corrected chi connectivity index (χ1v) is 5.38. The Kier molecular flexibility index (Phi) is 3.41. The fourth-order valence-electron chi connectivity index (χ4n) is 1.76. The molecule has 1 fully saturated rings. The van der Waals surface area contributed by atoms with Crippen LogP contribution in [0, 0.1) is 5.92 Å². The first-order chi connectivity index (χ1) is 8.22. The fourth-order valence-corrected chi connectivity index (χ4v) is 1.96. The normalized spacial score (nSPS) is 19.2. The molecule has 1 saturated heterocycles. The summed E-state index contributed by atoms with van der Waals surface area (Å²) < 4.78 is 0. The van der Waals surface area contributed by atoms with Gasteiger partial charge < -0.3 is 0 Å². The van der Waals surface area contributed by atoms with Crippen molar-refractivity contribution in [1.82, 2.24) is 9.97 Å². The Hall–Kier alpha value is -1.85. The Balaban J connectivity index is 2.16. The summed E-state index contributed by atoms with van der Waals surface area (Å²) in [5.74, 6) is 0.296. The molecule has 0 bridgehead atoms. The van der Waals surface area contributed by atoms with Gasteiger partial charge in [0, 0.05) is 36.8 Å². The predicted octanol–water partition coefficient (Wildman–Crippen LogP) is 1.79. The second kappa shape index (κ2) is 4.99. The van der Waals surface area contributed by atoms with Crippen LogP contribution >= 0.6 is 11.6 Å². The summed E-state index contributed by atoms with van der Waals surface area (Å²) >= 11 is 5.87. The number of nitrogens with zero attached hydrogens (tertiary/aromatic N) is 6. The average Bonchev–Trinajstić information content (AvgIpc) is 2.68. The molecule has 2 heterocycles. The van der Waals surface area contributed by atoms with E-state index in [0.29, 0.717) is 25.3 Å². The van der Waals surface area contributed by atoms with Crippen LogP contribution < -0.4 is 4.90 Å². The summed E-state index contributed by atoms with van der Waals surface area (Å²) in [6.07, 6.45) is 3.28. The van der Waals surface area contributed by atoms with Gasteiger partial charge in [0.15, 0.2) is 11.0 Å². The average molecular weight is 253 g/mol. The van der Waals surface area contributed by atoms with Crippen LogP contribution in [0.25, 0.3) is 10.4 Å². The zero-order valence-corrected chi connectivity index (χ0v) is 9.58. The summed E-state index contributed by atoms with van der Waals surface area (Å²) in [7, 11) is 0. The molecule has 1 aromatic heterocycles. The van der Waals surface area contributed by atoms with Crippen molar-refractivity contribution in [2.45, 2.75) is 6.42 Å². The molecule has 2 rings (SSSR count). The van der Waals surface area contributed by atoms with Crippen LogP contribution in [0.3, 0.4) is 0 Å². The van der Waals surface area contributed by atoms with E-state index in [4.69, 9.17) is 17.1 Å². The molecule has 1 amide bonds. The highest BCUT2D eigenvalue weighted by Crippen LogP contribution is 2.27. The van der Waals surface area contributed by atoms with E-state index >= 15 is 0 Å². The van der Waals surface area contributed by atoms with Crippen LogP contribution in [-0.2, 0) is 4.79 Å². The minimum absolute atomic E-state index is 0.0106. The minimum Gasteiger partial charge on any atom is -0.294 e. The van der Waals surface area contributed by atoms with Crippen molar-refractivity contribution >= 4 is 23.3 Å². The standard InChI is InChI=1S/C9H9ClN6O/c10-8-9(13-2-1-12-8)16-5-6(3-7(16)17)4-14-15-11/h1-2,6H,3-5H2. The van der Waals surface area contributed by atoms with Crippen LogP contribution in [0.15, 0.2) is 17.5 Å². The van der Waals surface area contributed by atoms with Crippen molar-refractivity contribution in [1.29, 1.82) is 0 Å². The highest BCUT2D eigenvalue weighted by Gasteiger charge is 2.32. The topological polar surface area (TPSA) is 94.9 Å². The molecule has 8 heteroatoms. The molecule has 1 aromatic rings. The number of rotatable bonds is 3. The fraction of sp³-hybridized carbons (Fsp3) is 0.444. The van der Waals surface area contributed by atoms with E-state index in [-0.39, 0.29) is 17.0 Å². The summed E-state index contributed by atoms with van der Waals surface area (Å²) in [5.41, 5.74) is 8.24. The molecule has 0 N–H and O–H groups in total. The van der Waals surface area contributed by atoms with E-state index in [0.717, 1.165) is 0 Å². The first-order valence-electron chi connectivity index (χ1n) is 5.00. The number of azide groups is 1. The quantitative estimate of drug-likeness (QED) is 0.466. The van der Waals surface area contributed by atoms with Crippen LogP contribution in [0.2, 0.25) is 5.15 Å². The Labute approximate surface area is 102 Å². The number of anilines is 1. The van der Waals surface area contributed by atoms with Crippen molar-refractivity contribution < 1.29 is 4.79 Å². The Morgan fingerprint density at radius 3 is 3.06 bits per heavy atom. The van der Waals surface area contributed by atoms with Crippen LogP contribution in [0.4, 0.5) is 5.82 Å². The van der Waals surface area contributed by atoms with Gasteiger partial charge in [-0.05, 0) is 11.4 Å². The lowest BCUT2D eigenvalue weighted by atomic mass is 10.1. The van der Waals surface area contributed by atoms with Crippen molar-refractivity contribution in [2.24, 2.45) is 11.0 Å². The van der Waals surface area contributed by atoms with Crippen molar-refractivity contribution in [3.05, 3.63) is 28.0 Å². The SMILES string of the molecule is [N-]=[N+]=NCC1CC(=O)N(c2nccnc2Cl)C1. The smallest absolute Gasteiger partial charge is 0.228 e. The molecular weight excluding hydrogens is 244 g/mol. The van der Waals surface area contributed by atoms with E-state index in [1.165, 1.54) is 17.3 Å². The monoisotopic (exact) mass is 252 g/mol. The number of hydrogen-bond donors (Lipinski definition) is 0. The van der Waals surface area contributed by atoms with E-state index in [1.54, 1.807) is 0 Å². The maximum atomic E-state index is 11.8. The van der Waals surface area contributed by atoms with Crippen molar-refractivity contribution in [3.8, 4) is 0 Å². The third kappa shape index (κ3) is 2.46. The predicted molar refractivity (Wildman–Crippen MR) is 61.5 cm³/mol. The highest BCUT2D eigenvalue weighted by molar-refractivity contribution is 6.32. The second-order valence-corrected chi connectivity index (χ2v) is 4.02. The van der Waals surface area contributed by atoms with Gasteiger partial charge in [-0.15, -0.1) is 0 Å². The molecule has 17 heavy (non-hydrogen) atoms. The van der Waals surface area contributed by atoms with E-state index in [2.05, 4.69) is 20.0 Å². The number of carbonyl (C=O) groups is 1. The Morgan fingerprint density at radius 2 is 2.35 bits per heavy atom. The molecule has 7 nitrogen and oxygen atoms in total. The molecule has 0 aromatic carbocycles. The van der Waals surface area contributed by atoms with E-state index < -0.39 is 0 Å². The van der Waals surface area contributed by atoms with Gasteiger partial charge in [-0.1, -0.05) is 16.7 Å². The number of aromatic nitrogens is 2. The van der Waals surface area contributed by atoms with Crippen LogP contribution in [-0.4, -0.2) is 29.0 Å². The van der Waals surface area contributed by atoms with Gasteiger partial charge >= 0.3 is 0 Å².